The molecule has 9 heteroatoms. The molecule has 2 aromatic heterocycles. The molecule has 7 nitrogen and oxygen atoms in total. The third-order valence-electron chi connectivity index (χ3n) is 2.18. The van der Waals surface area contributed by atoms with Gasteiger partial charge in [-0.2, -0.15) is 5.10 Å². The molecule has 0 bridgehead atoms. The summed E-state index contributed by atoms with van der Waals surface area (Å²) < 4.78 is 22.3. The Morgan fingerprint density at radius 3 is 2.89 bits per heavy atom. The molecule has 0 saturated heterocycles. The molecule has 19 heavy (non-hydrogen) atoms. The van der Waals surface area contributed by atoms with Crippen LogP contribution in [0.4, 0.5) is 0 Å². The van der Waals surface area contributed by atoms with Crippen molar-refractivity contribution < 1.29 is 18.7 Å². The van der Waals surface area contributed by atoms with Gasteiger partial charge in [-0.05, 0) is 29.3 Å². The van der Waals surface area contributed by atoms with Crippen LogP contribution in [0.1, 0.15) is 16.2 Å². The van der Waals surface area contributed by atoms with Crippen molar-refractivity contribution in [2.24, 2.45) is 0 Å². The number of carboxylic acids is 1. The average Bonchev–Trinajstić information content (AvgIpc) is 2.72. The number of carbonyl (C=O) groups is 1. The van der Waals surface area contributed by atoms with Crippen molar-refractivity contribution in [3.05, 3.63) is 40.8 Å². The molecule has 0 aliphatic rings. The van der Waals surface area contributed by atoms with Gasteiger partial charge in [0.15, 0.2) is 11.5 Å². The van der Waals surface area contributed by atoms with Crippen LogP contribution >= 0.6 is 11.6 Å². The zero-order valence-electron chi connectivity index (χ0n) is 9.32. The van der Waals surface area contributed by atoms with Gasteiger partial charge < -0.3 is 9.66 Å². The molecule has 1 unspecified atom stereocenters. The maximum Gasteiger partial charge on any atom is 0.354 e. The highest BCUT2D eigenvalue weighted by molar-refractivity contribution is 7.78. The highest BCUT2D eigenvalue weighted by Gasteiger charge is 2.18. The van der Waals surface area contributed by atoms with Crippen LogP contribution in [0.25, 0.3) is 5.82 Å². The fraction of sp³-hybridized carbons (Fsp3) is 0.100. The largest absolute Gasteiger partial charge is 0.772 e. The lowest BCUT2D eigenvalue weighted by Crippen LogP contribution is -2.09. The summed E-state index contributed by atoms with van der Waals surface area (Å²) in [4.78, 5) is 15.1. The van der Waals surface area contributed by atoms with Gasteiger partial charge >= 0.3 is 5.97 Å². The maximum absolute atomic E-state index is 11.1. The molecule has 100 valence electrons. The molecule has 0 radical (unpaired) electrons. The molecule has 0 amide bonds. The van der Waals surface area contributed by atoms with E-state index in [0.717, 1.165) is 4.68 Å². The first-order valence-corrected chi connectivity index (χ1v) is 6.60. The first kappa shape index (κ1) is 13.7. The first-order valence-electron chi connectivity index (χ1n) is 4.98. The summed E-state index contributed by atoms with van der Waals surface area (Å²) in [5.74, 6) is -1.50. The number of nitrogens with zero attached hydrogens (tertiary/aromatic N) is 3. The van der Waals surface area contributed by atoms with Crippen molar-refractivity contribution >= 4 is 28.7 Å². The minimum absolute atomic E-state index is 0.104. The molecule has 1 atom stereocenters. The summed E-state index contributed by atoms with van der Waals surface area (Å²) in [6, 6.07) is 4.29. The van der Waals surface area contributed by atoms with Crippen molar-refractivity contribution in [2.45, 2.75) is 5.75 Å². The number of hydrogen-bond donors (Lipinski definition) is 1. The fourth-order valence-corrected chi connectivity index (χ4v) is 2.05. The number of pyridine rings is 1. The summed E-state index contributed by atoms with van der Waals surface area (Å²) in [6.07, 6.45) is 1.43. The zero-order chi connectivity index (χ0) is 14.0. The Hall–Kier alpha value is -1.77. The van der Waals surface area contributed by atoms with Gasteiger partial charge in [-0.1, -0.05) is 11.6 Å². The number of rotatable bonds is 4. The predicted molar refractivity (Wildman–Crippen MR) is 66.0 cm³/mol. The molecule has 0 saturated carbocycles. The zero-order valence-corrected chi connectivity index (χ0v) is 10.9. The first-order chi connectivity index (χ1) is 8.99. The van der Waals surface area contributed by atoms with Gasteiger partial charge in [-0.3, -0.25) is 4.21 Å². The lowest BCUT2D eigenvalue weighted by Gasteiger charge is -2.05. The molecule has 0 fully saturated rings. The van der Waals surface area contributed by atoms with Crippen molar-refractivity contribution in [2.75, 3.05) is 0 Å². The summed E-state index contributed by atoms with van der Waals surface area (Å²) in [7, 11) is 0. The minimum atomic E-state index is -2.36. The number of aromatic carboxylic acids is 1. The molecule has 2 aromatic rings. The summed E-state index contributed by atoms with van der Waals surface area (Å²) in [5, 5.41) is 13.2. The van der Waals surface area contributed by atoms with E-state index in [4.69, 9.17) is 16.7 Å². The second kappa shape index (κ2) is 5.47. The second-order valence-corrected chi connectivity index (χ2v) is 4.80. The van der Waals surface area contributed by atoms with E-state index in [2.05, 4.69) is 10.1 Å². The van der Waals surface area contributed by atoms with E-state index < -0.39 is 17.0 Å². The van der Waals surface area contributed by atoms with Crippen molar-refractivity contribution in [3.8, 4) is 5.82 Å². The minimum Gasteiger partial charge on any atom is -0.772 e. The highest BCUT2D eigenvalue weighted by Crippen LogP contribution is 2.19. The number of carboxylic acid groups (broad SMARTS) is 1. The lowest BCUT2D eigenvalue weighted by atomic mass is 10.3. The van der Waals surface area contributed by atoms with Crippen LogP contribution < -0.4 is 0 Å². The van der Waals surface area contributed by atoms with Crippen LogP contribution in [0, 0.1) is 0 Å². The Morgan fingerprint density at radius 2 is 2.32 bits per heavy atom. The third-order valence-corrected chi connectivity index (χ3v) is 3.01. The van der Waals surface area contributed by atoms with E-state index >= 15 is 0 Å². The number of aromatic nitrogens is 3. The van der Waals surface area contributed by atoms with E-state index in [0.29, 0.717) is 0 Å². The lowest BCUT2D eigenvalue weighted by molar-refractivity contribution is 0.0686. The number of hydrogen-bond acceptors (Lipinski definition) is 5. The maximum atomic E-state index is 11.1. The van der Waals surface area contributed by atoms with Crippen LogP contribution in [-0.4, -0.2) is 34.6 Å². The average molecular weight is 301 g/mol. The molecule has 2 heterocycles. The van der Waals surface area contributed by atoms with Crippen LogP contribution in [0.3, 0.4) is 0 Å². The normalized spacial score (nSPS) is 12.3. The van der Waals surface area contributed by atoms with Crippen molar-refractivity contribution in [1.29, 1.82) is 0 Å². The van der Waals surface area contributed by atoms with Gasteiger partial charge in [-0.15, -0.1) is 0 Å². The topological polar surface area (TPSA) is 108 Å². The number of halogens is 1. The molecular weight excluding hydrogens is 294 g/mol. The smallest absolute Gasteiger partial charge is 0.354 e. The Balaban J connectivity index is 2.55. The molecule has 0 spiro atoms. The Kier molecular flexibility index (Phi) is 3.93. The van der Waals surface area contributed by atoms with Crippen molar-refractivity contribution in [3.63, 3.8) is 0 Å². The summed E-state index contributed by atoms with van der Waals surface area (Å²) in [6.45, 7) is 0. The van der Waals surface area contributed by atoms with Gasteiger partial charge in [0.1, 0.15) is 0 Å². The van der Waals surface area contributed by atoms with Gasteiger partial charge in [0.25, 0.3) is 0 Å². The van der Waals surface area contributed by atoms with Crippen molar-refractivity contribution in [1.82, 2.24) is 14.8 Å². The summed E-state index contributed by atoms with van der Waals surface area (Å²) in [5.41, 5.74) is -0.103. The van der Waals surface area contributed by atoms with Crippen LogP contribution in [0.15, 0.2) is 24.4 Å². The Morgan fingerprint density at radius 1 is 1.58 bits per heavy atom. The summed E-state index contributed by atoms with van der Waals surface area (Å²) >= 11 is 3.55. The van der Waals surface area contributed by atoms with E-state index in [1.807, 2.05) is 0 Å². The van der Waals surface area contributed by atoms with E-state index in [1.165, 1.54) is 18.3 Å². The van der Waals surface area contributed by atoms with Gasteiger partial charge in [-0.25, -0.2) is 14.5 Å². The molecule has 1 N–H and O–H groups in total. The third kappa shape index (κ3) is 2.98. The molecule has 0 aliphatic heterocycles. The molecular formula is C10H7ClN3O4S-. The van der Waals surface area contributed by atoms with E-state index in [1.54, 1.807) is 6.07 Å². The van der Waals surface area contributed by atoms with Crippen LogP contribution in [0.2, 0.25) is 5.02 Å². The SMILES string of the molecule is O=C(O)c1cc(CS(=O)[O-])nn1-c1ncccc1Cl. The van der Waals surface area contributed by atoms with Gasteiger partial charge in [0.2, 0.25) is 0 Å². The van der Waals surface area contributed by atoms with E-state index in [9.17, 15) is 13.6 Å². The van der Waals surface area contributed by atoms with Crippen LogP contribution in [0.5, 0.6) is 0 Å². The molecule has 0 aromatic carbocycles. The monoisotopic (exact) mass is 300 g/mol. The van der Waals surface area contributed by atoms with Crippen LogP contribution in [-0.2, 0) is 16.8 Å². The molecule has 2 rings (SSSR count). The Bertz CT molecular complexity index is 658. The van der Waals surface area contributed by atoms with E-state index in [-0.39, 0.29) is 28.0 Å². The highest BCUT2D eigenvalue weighted by atomic mass is 35.5. The second-order valence-electron chi connectivity index (χ2n) is 3.49. The van der Waals surface area contributed by atoms with Gasteiger partial charge in [0, 0.05) is 6.20 Å². The fourth-order valence-electron chi connectivity index (χ4n) is 1.47. The quantitative estimate of drug-likeness (QED) is 0.844. The predicted octanol–water partition coefficient (Wildman–Crippen LogP) is 0.998. The Labute approximate surface area is 115 Å². The standard InChI is InChI=1S/C10H8ClN3O4S/c11-7-2-1-3-12-9(7)14-8(10(15)16)4-6(13-14)5-19(17)18/h1-4H,5H2,(H,15,16)(H,17,18)/p-1. The molecule has 0 aliphatic carbocycles. The van der Waals surface area contributed by atoms with Gasteiger partial charge in [0.05, 0.1) is 16.5 Å².